The SMILES string of the molecule is C[C@H](c1ccc(Cl)cc1Cl)n1nnc2ncc(N3CC(C4CC(C)(C(=O)O)C4)C3)cc21. The number of benzene rings is 1. The summed E-state index contributed by atoms with van der Waals surface area (Å²) in [6.45, 7) is 5.72. The molecule has 2 fully saturated rings. The number of nitrogens with zero attached hydrogens (tertiary/aromatic N) is 5. The van der Waals surface area contributed by atoms with Gasteiger partial charge in [-0.2, -0.15) is 0 Å². The average Bonchev–Trinajstić information content (AvgIpc) is 3.08. The van der Waals surface area contributed by atoms with Gasteiger partial charge >= 0.3 is 5.97 Å². The summed E-state index contributed by atoms with van der Waals surface area (Å²) >= 11 is 12.4. The number of halogens is 2. The molecule has 3 aromatic rings. The van der Waals surface area contributed by atoms with Crippen molar-refractivity contribution in [1.29, 1.82) is 0 Å². The van der Waals surface area contributed by atoms with Gasteiger partial charge in [-0.25, -0.2) is 9.67 Å². The third kappa shape index (κ3) is 3.44. The van der Waals surface area contributed by atoms with Crippen LogP contribution in [0.15, 0.2) is 30.5 Å². The Balaban J connectivity index is 1.33. The minimum absolute atomic E-state index is 0.125. The van der Waals surface area contributed by atoms with E-state index in [1.807, 2.05) is 36.9 Å². The fourth-order valence-electron chi connectivity index (χ4n) is 4.88. The van der Waals surface area contributed by atoms with Gasteiger partial charge in [-0.1, -0.05) is 34.5 Å². The van der Waals surface area contributed by atoms with Crippen molar-refractivity contribution < 1.29 is 9.90 Å². The number of pyridine rings is 1. The third-order valence-corrected chi connectivity index (χ3v) is 7.54. The van der Waals surface area contributed by atoms with E-state index in [2.05, 4.69) is 26.3 Å². The molecule has 2 aromatic heterocycles. The molecule has 1 aliphatic heterocycles. The smallest absolute Gasteiger partial charge is 0.309 e. The molecule has 0 radical (unpaired) electrons. The van der Waals surface area contributed by atoms with Crippen molar-refractivity contribution in [3.8, 4) is 0 Å². The lowest BCUT2D eigenvalue weighted by atomic mass is 9.58. The molecule has 0 unspecified atom stereocenters. The molecular formula is C22H23Cl2N5O2. The first-order valence-electron chi connectivity index (χ1n) is 10.4. The molecule has 5 rings (SSSR count). The maximum Gasteiger partial charge on any atom is 0.309 e. The van der Waals surface area contributed by atoms with Crippen LogP contribution in [0.25, 0.3) is 11.2 Å². The van der Waals surface area contributed by atoms with E-state index in [9.17, 15) is 9.90 Å². The highest BCUT2D eigenvalue weighted by Crippen LogP contribution is 2.51. The Kier molecular flexibility index (Phi) is 4.86. The fourth-order valence-corrected chi connectivity index (χ4v) is 5.44. The minimum atomic E-state index is -0.676. The number of aromatic nitrogens is 4. The number of carboxylic acids is 1. The van der Waals surface area contributed by atoms with Gasteiger partial charge in [0, 0.05) is 23.1 Å². The predicted octanol–water partition coefficient (Wildman–Crippen LogP) is 4.68. The van der Waals surface area contributed by atoms with E-state index < -0.39 is 11.4 Å². The zero-order chi connectivity index (χ0) is 21.9. The van der Waals surface area contributed by atoms with E-state index in [1.54, 1.807) is 6.07 Å². The lowest BCUT2D eigenvalue weighted by Gasteiger charge is -2.52. The van der Waals surface area contributed by atoms with Crippen LogP contribution in [0.5, 0.6) is 0 Å². The van der Waals surface area contributed by atoms with Crippen LogP contribution >= 0.6 is 23.2 Å². The van der Waals surface area contributed by atoms with Crippen LogP contribution in [-0.4, -0.2) is 44.1 Å². The van der Waals surface area contributed by atoms with Crippen LogP contribution in [0.1, 0.15) is 38.3 Å². The zero-order valence-electron chi connectivity index (χ0n) is 17.3. The van der Waals surface area contributed by atoms with E-state index in [4.69, 9.17) is 23.2 Å². The van der Waals surface area contributed by atoms with Crippen LogP contribution in [0.4, 0.5) is 5.69 Å². The molecule has 31 heavy (non-hydrogen) atoms. The second kappa shape index (κ2) is 7.35. The Morgan fingerprint density at radius 3 is 2.65 bits per heavy atom. The standard InChI is InChI=1S/C22H23Cl2N5O2/c1-12(17-4-3-15(23)5-18(17)24)29-19-6-16(9-25-20(19)26-27-29)28-10-14(11-28)13-7-22(2,8-13)21(30)31/h3-6,9,12-14H,7-8,10-11H2,1-2H3,(H,30,31)/t12-,13?,22?/m1/s1. The van der Waals surface area contributed by atoms with Crippen LogP contribution in [0.3, 0.4) is 0 Å². The Hall–Kier alpha value is -2.38. The third-order valence-electron chi connectivity index (χ3n) is 6.98. The summed E-state index contributed by atoms with van der Waals surface area (Å²) in [5.41, 5.74) is 2.85. The fraction of sp³-hybridized carbons (Fsp3) is 0.455. The van der Waals surface area contributed by atoms with Crippen LogP contribution in [0.2, 0.25) is 10.0 Å². The maximum atomic E-state index is 11.3. The van der Waals surface area contributed by atoms with Gasteiger partial charge in [0.05, 0.1) is 23.3 Å². The molecule has 1 aromatic carbocycles. The van der Waals surface area contributed by atoms with Gasteiger partial charge in [0.2, 0.25) is 5.65 Å². The van der Waals surface area contributed by atoms with Gasteiger partial charge < -0.3 is 10.0 Å². The summed E-state index contributed by atoms with van der Waals surface area (Å²) in [5.74, 6) is 0.358. The number of hydrogen-bond donors (Lipinski definition) is 1. The van der Waals surface area contributed by atoms with Crippen molar-refractivity contribution in [2.24, 2.45) is 17.3 Å². The maximum absolute atomic E-state index is 11.3. The number of carbonyl (C=O) groups is 1. The van der Waals surface area contributed by atoms with Crippen molar-refractivity contribution in [3.05, 3.63) is 46.1 Å². The molecular weight excluding hydrogens is 437 g/mol. The summed E-state index contributed by atoms with van der Waals surface area (Å²) in [5, 5.41) is 19.0. The Bertz CT molecular complexity index is 1170. The number of carboxylic acid groups (broad SMARTS) is 1. The van der Waals surface area contributed by atoms with Crippen LogP contribution < -0.4 is 4.90 Å². The highest BCUT2D eigenvalue weighted by atomic mass is 35.5. The largest absolute Gasteiger partial charge is 0.481 e. The summed E-state index contributed by atoms with van der Waals surface area (Å²) in [7, 11) is 0. The van der Waals surface area contributed by atoms with Gasteiger partial charge in [0.15, 0.2) is 0 Å². The molecule has 1 saturated heterocycles. The van der Waals surface area contributed by atoms with Crippen molar-refractivity contribution >= 4 is 46.0 Å². The Morgan fingerprint density at radius 1 is 1.23 bits per heavy atom. The molecule has 1 aliphatic carbocycles. The quantitative estimate of drug-likeness (QED) is 0.595. The number of hydrogen-bond acceptors (Lipinski definition) is 5. The summed E-state index contributed by atoms with van der Waals surface area (Å²) < 4.78 is 1.84. The van der Waals surface area contributed by atoms with Gasteiger partial charge in [-0.3, -0.25) is 4.79 Å². The Morgan fingerprint density at radius 2 is 1.97 bits per heavy atom. The second-order valence-electron chi connectivity index (χ2n) is 9.11. The molecule has 162 valence electrons. The average molecular weight is 460 g/mol. The molecule has 9 heteroatoms. The van der Waals surface area contributed by atoms with Crippen molar-refractivity contribution in [1.82, 2.24) is 20.0 Å². The van der Waals surface area contributed by atoms with E-state index >= 15 is 0 Å². The molecule has 1 atom stereocenters. The van der Waals surface area contributed by atoms with Crippen molar-refractivity contribution in [2.75, 3.05) is 18.0 Å². The highest BCUT2D eigenvalue weighted by Gasteiger charge is 2.51. The highest BCUT2D eigenvalue weighted by molar-refractivity contribution is 6.35. The summed E-state index contributed by atoms with van der Waals surface area (Å²) in [6, 6.07) is 7.40. The molecule has 0 amide bonds. The predicted molar refractivity (Wildman–Crippen MR) is 120 cm³/mol. The van der Waals surface area contributed by atoms with Gasteiger partial charge in [0.25, 0.3) is 0 Å². The van der Waals surface area contributed by atoms with Crippen molar-refractivity contribution in [2.45, 2.75) is 32.7 Å². The van der Waals surface area contributed by atoms with E-state index in [0.717, 1.165) is 42.7 Å². The molecule has 0 bridgehead atoms. The zero-order valence-corrected chi connectivity index (χ0v) is 18.8. The molecule has 1 saturated carbocycles. The summed E-state index contributed by atoms with van der Waals surface area (Å²) in [6.07, 6.45) is 3.38. The van der Waals surface area contributed by atoms with Crippen LogP contribution in [0, 0.1) is 17.3 Å². The topological polar surface area (TPSA) is 84.1 Å². The number of anilines is 1. The number of fused-ring (bicyclic) bond motifs is 1. The van der Waals surface area contributed by atoms with Gasteiger partial charge in [0.1, 0.15) is 5.52 Å². The van der Waals surface area contributed by atoms with E-state index in [0.29, 0.717) is 27.5 Å². The Labute approximate surface area is 190 Å². The number of aliphatic carboxylic acids is 1. The number of rotatable bonds is 5. The first-order valence-corrected chi connectivity index (χ1v) is 11.1. The summed E-state index contributed by atoms with van der Waals surface area (Å²) in [4.78, 5) is 18.1. The molecule has 3 heterocycles. The van der Waals surface area contributed by atoms with Gasteiger partial charge in [-0.15, -0.1) is 5.10 Å². The monoisotopic (exact) mass is 459 g/mol. The van der Waals surface area contributed by atoms with Crippen molar-refractivity contribution in [3.63, 3.8) is 0 Å². The lowest BCUT2D eigenvalue weighted by molar-refractivity contribution is -0.158. The van der Waals surface area contributed by atoms with Crippen LogP contribution in [-0.2, 0) is 4.79 Å². The molecule has 0 spiro atoms. The molecule has 1 N–H and O–H groups in total. The lowest BCUT2D eigenvalue weighted by Crippen LogP contribution is -2.56. The van der Waals surface area contributed by atoms with E-state index in [1.165, 1.54) is 0 Å². The first-order chi connectivity index (χ1) is 14.7. The second-order valence-corrected chi connectivity index (χ2v) is 9.95. The van der Waals surface area contributed by atoms with E-state index in [-0.39, 0.29) is 6.04 Å². The molecule has 2 aliphatic rings. The molecule has 7 nitrogen and oxygen atoms in total. The van der Waals surface area contributed by atoms with Gasteiger partial charge in [-0.05, 0) is 62.3 Å². The first kappa shape index (κ1) is 20.5. The normalized spacial score (nSPS) is 24.6. The minimum Gasteiger partial charge on any atom is -0.481 e.